The molecule has 0 fully saturated rings. The molecule has 1 heterocycles. The third kappa shape index (κ3) is 2.72. The monoisotopic (exact) mass is 274 g/mol. The number of halogens is 1. The number of rotatable bonds is 3. The fourth-order valence-electron chi connectivity index (χ4n) is 0.762. The molecule has 0 aromatic carbocycles. The molecule has 0 unspecified atom stereocenters. The molecule has 5 heteroatoms. The first-order valence-corrected chi connectivity index (χ1v) is 5.54. The Labute approximate surface area is 95.1 Å². The zero-order valence-electron chi connectivity index (χ0n) is 7.78. The summed E-state index contributed by atoms with van der Waals surface area (Å²) >= 11 is 4.53. The maximum atomic E-state index is 10.8. The van der Waals surface area contributed by atoms with E-state index < -0.39 is 10.7 Å². The van der Waals surface area contributed by atoms with Crippen molar-refractivity contribution >= 4 is 33.7 Å². The maximum Gasteiger partial charge on any atom is 0.0573 e. The second kappa shape index (κ2) is 4.31. The number of carbonyl (C=O) groups excluding carboxylic acids is 1. The van der Waals surface area contributed by atoms with E-state index in [1.807, 2.05) is 0 Å². The SMILES string of the molecule is CC(C)(Sc1ccncc1Br)C(=O)[O-]. The molecular formula is C9H9BrNO2S-. The molecule has 1 aromatic heterocycles. The molecule has 0 saturated heterocycles. The van der Waals surface area contributed by atoms with Crippen LogP contribution >= 0.6 is 27.7 Å². The van der Waals surface area contributed by atoms with Crippen molar-refractivity contribution in [2.45, 2.75) is 23.5 Å². The van der Waals surface area contributed by atoms with E-state index in [-0.39, 0.29) is 0 Å². The highest BCUT2D eigenvalue weighted by Crippen LogP contribution is 2.35. The van der Waals surface area contributed by atoms with Crippen LogP contribution in [0.25, 0.3) is 0 Å². The smallest absolute Gasteiger partial charge is 0.0573 e. The van der Waals surface area contributed by atoms with Crippen LogP contribution in [0.15, 0.2) is 27.8 Å². The Morgan fingerprint density at radius 2 is 2.29 bits per heavy atom. The van der Waals surface area contributed by atoms with Crippen LogP contribution in [0.5, 0.6) is 0 Å². The normalized spacial score (nSPS) is 11.4. The Morgan fingerprint density at radius 1 is 1.64 bits per heavy atom. The van der Waals surface area contributed by atoms with Gasteiger partial charge in [-0.25, -0.2) is 0 Å². The first-order chi connectivity index (χ1) is 6.43. The molecule has 0 aliphatic rings. The summed E-state index contributed by atoms with van der Waals surface area (Å²) in [4.78, 5) is 15.5. The molecule has 1 rings (SSSR count). The minimum absolute atomic E-state index is 0.791. The third-order valence-corrected chi connectivity index (χ3v) is 3.74. The molecule has 76 valence electrons. The molecule has 0 amide bonds. The molecule has 3 nitrogen and oxygen atoms in total. The Morgan fingerprint density at radius 3 is 2.79 bits per heavy atom. The van der Waals surface area contributed by atoms with Crippen molar-refractivity contribution < 1.29 is 9.90 Å². The summed E-state index contributed by atoms with van der Waals surface area (Å²) in [5, 5.41) is 10.8. The van der Waals surface area contributed by atoms with Crippen LogP contribution in [-0.2, 0) is 4.79 Å². The van der Waals surface area contributed by atoms with E-state index in [9.17, 15) is 9.90 Å². The van der Waals surface area contributed by atoms with Crippen molar-refractivity contribution in [1.29, 1.82) is 0 Å². The standard InChI is InChI=1S/C9H10BrNO2S/c1-9(2,8(12)13)14-7-3-4-11-5-6(7)10/h3-5H,1-2H3,(H,12,13)/p-1. The van der Waals surface area contributed by atoms with E-state index in [1.54, 1.807) is 32.3 Å². The van der Waals surface area contributed by atoms with Crippen LogP contribution in [0.3, 0.4) is 0 Å². The van der Waals surface area contributed by atoms with Gasteiger partial charge in [0.1, 0.15) is 0 Å². The van der Waals surface area contributed by atoms with Gasteiger partial charge in [0.25, 0.3) is 0 Å². The van der Waals surface area contributed by atoms with Gasteiger partial charge in [-0.05, 0) is 35.8 Å². The number of carbonyl (C=O) groups is 1. The largest absolute Gasteiger partial charge is 0.549 e. The quantitative estimate of drug-likeness (QED) is 0.784. The molecule has 0 radical (unpaired) electrons. The van der Waals surface area contributed by atoms with Gasteiger partial charge >= 0.3 is 0 Å². The zero-order chi connectivity index (χ0) is 10.8. The molecule has 0 bridgehead atoms. The molecule has 0 saturated carbocycles. The molecule has 0 atom stereocenters. The zero-order valence-corrected chi connectivity index (χ0v) is 10.2. The van der Waals surface area contributed by atoms with Gasteiger partial charge < -0.3 is 9.90 Å². The second-order valence-electron chi connectivity index (χ2n) is 3.21. The van der Waals surface area contributed by atoms with Gasteiger partial charge in [-0.2, -0.15) is 0 Å². The number of carboxylic acids is 1. The molecule has 0 spiro atoms. The predicted molar refractivity (Wildman–Crippen MR) is 56.9 cm³/mol. The third-order valence-electron chi connectivity index (χ3n) is 1.59. The van der Waals surface area contributed by atoms with Crippen molar-refractivity contribution in [3.05, 3.63) is 22.9 Å². The molecule has 14 heavy (non-hydrogen) atoms. The van der Waals surface area contributed by atoms with Gasteiger partial charge in [-0.1, -0.05) is 0 Å². The fraction of sp³-hybridized carbons (Fsp3) is 0.333. The van der Waals surface area contributed by atoms with E-state index in [1.165, 1.54) is 11.8 Å². The Bertz CT molecular complexity index is 354. The van der Waals surface area contributed by atoms with Gasteiger partial charge in [0.05, 0.1) is 10.7 Å². The molecular weight excluding hydrogens is 266 g/mol. The van der Waals surface area contributed by atoms with Crippen molar-refractivity contribution in [2.24, 2.45) is 0 Å². The van der Waals surface area contributed by atoms with Gasteiger partial charge in [0, 0.05) is 21.8 Å². The lowest BCUT2D eigenvalue weighted by Gasteiger charge is -2.25. The number of carboxylic acid groups (broad SMARTS) is 1. The average Bonchev–Trinajstić information content (AvgIpc) is 2.08. The Balaban J connectivity index is 2.89. The fourth-order valence-corrected chi connectivity index (χ4v) is 2.17. The number of pyridine rings is 1. The van der Waals surface area contributed by atoms with E-state index in [2.05, 4.69) is 20.9 Å². The summed E-state index contributed by atoms with van der Waals surface area (Å²) < 4.78 is -0.150. The van der Waals surface area contributed by atoms with Crippen molar-refractivity contribution in [2.75, 3.05) is 0 Å². The van der Waals surface area contributed by atoms with E-state index in [0.29, 0.717) is 0 Å². The van der Waals surface area contributed by atoms with Crippen LogP contribution < -0.4 is 5.11 Å². The minimum Gasteiger partial charge on any atom is -0.549 e. The maximum absolute atomic E-state index is 10.8. The summed E-state index contributed by atoms with van der Waals surface area (Å²) in [7, 11) is 0. The van der Waals surface area contributed by atoms with E-state index >= 15 is 0 Å². The summed E-state index contributed by atoms with van der Waals surface area (Å²) in [5.41, 5.74) is 0. The van der Waals surface area contributed by atoms with Crippen LogP contribution in [0.2, 0.25) is 0 Å². The van der Waals surface area contributed by atoms with Gasteiger partial charge in [-0.3, -0.25) is 4.98 Å². The summed E-state index contributed by atoms with van der Waals surface area (Å²) in [6.07, 6.45) is 3.26. The highest BCUT2D eigenvalue weighted by molar-refractivity contribution is 9.10. The first-order valence-electron chi connectivity index (χ1n) is 3.93. The predicted octanol–water partition coefficient (Wildman–Crippen LogP) is 1.46. The topological polar surface area (TPSA) is 53.0 Å². The second-order valence-corrected chi connectivity index (χ2v) is 5.72. The van der Waals surface area contributed by atoms with Crippen LogP contribution in [0.1, 0.15) is 13.8 Å². The summed E-state index contributed by atoms with van der Waals surface area (Å²) in [6.45, 7) is 3.22. The average molecular weight is 275 g/mol. The summed E-state index contributed by atoms with van der Waals surface area (Å²) in [6, 6.07) is 1.76. The number of nitrogens with zero attached hydrogens (tertiary/aromatic N) is 1. The van der Waals surface area contributed by atoms with Crippen LogP contribution in [0, 0.1) is 0 Å². The van der Waals surface area contributed by atoms with Crippen molar-refractivity contribution in [1.82, 2.24) is 4.98 Å². The Hall–Kier alpha value is -0.550. The lowest BCUT2D eigenvalue weighted by molar-refractivity contribution is -0.308. The molecule has 0 N–H and O–H groups in total. The summed E-state index contributed by atoms with van der Waals surface area (Å²) in [5.74, 6) is -1.08. The van der Waals surface area contributed by atoms with Gasteiger partial charge in [-0.15, -0.1) is 11.8 Å². The lowest BCUT2D eigenvalue weighted by Crippen LogP contribution is -2.40. The van der Waals surface area contributed by atoms with E-state index in [0.717, 1.165) is 9.37 Å². The van der Waals surface area contributed by atoms with Crippen LogP contribution in [-0.4, -0.2) is 15.7 Å². The number of aliphatic carboxylic acids is 1. The molecule has 0 aliphatic heterocycles. The van der Waals surface area contributed by atoms with Crippen molar-refractivity contribution in [3.63, 3.8) is 0 Å². The van der Waals surface area contributed by atoms with Crippen molar-refractivity contribution in [3.8, 4) is 0 Å². The number of hydrogen-bond acceptors (Lipinski definition) is 4. The highest BCUT2D eigenvalue weighted by atomic mass is 79.9. The number of thioether (sulfide) groups is 1. The number of hydrogen-bond donors (Lipinski definition) is 0. The van der Waals surface area contributed by atoms with E-state index in [4.69, 9.17) is 0 Å². The molecule has 0 aliphatic carbocycles. The highest BCUT2D eigenvalue weighted by Gasteiger charge is 2.21. The van der Waals surface area contributed by atoms with Gasteiger partial charge in [0.2, 0.25) is 0 Å². The van der Waals surface area contributed by atoms with Gasteiger partial charge in [0.15, 0.2) is 0 Å². The van der Waals surface area contributed by atoms with Crippen LogP contribution in [0.4, 0.5) is 0 Å². The lowest BCUT2D eigenvalue weighted by atomic mass is 10.2. The number of aromatic nitrogens is 1. The Kier molecular flexibility index (Phi) is 3.55. The minimum atomic E-state index is -1.08. The molecule has 1 aromatic rings. The first kappa shape index (κ1) is 11.5.